The molecular formula is C19H18N2O7. The van der Waals surface area contributed by atoms with E-state index in [-0.39, 0.29) is 23.6 Å². The van der Waals surface area contributed by atoms with Crippen LogP contribution in [0.3, 0.4) is 0 Å². The molecule has 0 heterocycles. The monoisotopic (exact) mass is 386 g/mol. The minimum absolute atomic E-state index is 0.0535. The van der Waals surface area contributed by atoms with Gasteiger partial charge in [-0.2, -0.15) is 0 Å². The van der Waals surface area contributed by atoms with E-state index in [1.54, 1.807) is 18.2 Å². The molecule has 2 aromatic rings. The maximum absolute atomic E-state index is 12.0. The van der Waals surface area contributed by atoms with Crippen molar-refractivity contribution >= 4 is 23.3 Å². The Balaban J connectivity index is 1.93. The molecule has 9 heteroatoms. The van der Waals surface area contributed by atoms with Crippen molar-refractivity contribution in [2.24, 2.45) is 0 Å². The summed E-state index contributed by atoms with van der Waals surface area (Å²) in [4.78, 5) is 45.5. The van der Waals surface area contributed by atoms with Crippen LogP contribution in [0.5, 0.6) is 5.75 Å². The van der Waals surface area contributed by atoms with Gasteiger partial charge in [0, 0.05) is 28.8 Å². The van der Waals surface area contributed by atoms with Crippen LogP contribution in [0, 0.1) is 10.1 Å². The predicted octanol–water partition coefficient (Wildman–Crippen LogP) is 2.28. The Bertz CT molecular complexity index is 924. The molecule has 28 heavy (non-hydrogen) atoms. The second kappa shape index (κ2) is 9.26. The third kappa shape index (κ3) is 5.37. The van der Waals surface area contributed by atoms with E-state index >= 15 is 0 Å². The van der Waals surface area contributed by atoms with Gasteiger partial charge >= 0.3 is 5.97 Å². The number of hydrogen-bond donors (Lipinski definition) is 1. The van der Waals surface area contributed by atoms with Crippen LogP contribution in [0.25, 0.3) is 0 Å². The standard InChI is InChI=1S/C19H18N2O7/c1-12(22)13-6-7-17(27-2)15(8-13)11-28-18(23)10-20-19(24)14-4-3-5-16(9-14)21(25)26/h3-9H,10-11H2,1-2H3,(H,20,24). The number of nitrogens with one attached hydrogen (secondary N) is 1. The summed E-state index contributed by atoms with van der Waals surface area (Å²) in [7, 11) is 1.45. The maximum Gasteiger partial charge on any atom is 0.325 e. The number of nitro benzene ring substituents is 1. The Morgan fingerprint density at radius 1 is 1.11 bits per heavy atom. The van der Waals surface area contributed by atoms with Gasteiger partial charge in [0.2, 0.25) is 0 Å². The fraction of sp³-hybridized carbons (Fsp3) is 0.211. The first kappa shape index (κ1) is 20.6. The SMILES string of the molecule is COc1ccc(C(C)=O)cc1COC(=O)CNC(=O)c1cccc([N+](=O)[O-])c1. The zero-order valence-corrected chi connectivity index (χ0v) is 15.3. The number of ketones is 1. The molecule has 1 N–H and O–H groups in total. The summed E-state index contributed by atoms with van der Waals surface area (Å²) in [6.45, 7) is 0.854. The number of nitro groups is 1. The van der Waals surface area contributed by atoms with Gasteiger partial charge in [-0.15, -0.1) is 0 Å². The fourth-order valence-electron chi connectivity index (χ4n) is 2.33. The van der Waals surface area contributed by atoms with Crippen molar-refractivity contribution in [2.75, 3.05) is 13.7 Å². The minimum atomic E-state index is -0.714. The van der Waals surface area contributed by atoms with Gasteiger partial charge in [0.1, 0.15) is 18.9 Å². The van der Waals surface area contributed by atoms with Gasteiger partial charge in [0.15, 0.2) is 5.78 Å². The third-order valence-corrected chi connectivity index (χ3v) is 3.79. The van der Waals surface area contributed by atoms with E-state index in [1.165, 1.54) is 32.2 Å². The van der Waals surface area contributed by atoms with Gasteiger partial charge in [0.25, 0.3) is 11.6 Å². The molecule has 0 saturated carbocycles. The molecule has 146 valence electrons. The smallest absolute Gasteiger partial charge is 0.325 e. The molecule has 2 aromatic carbocycles. The number of rotatable bonds is 8. The third-order valence-electron chi connectivity index (χ3n) is 3.79. The summed E-state index contributed by atoms with van der Waals surface area (Å²) in [6, 6.07) is 9.91. The van der Waals surface area contributed by atoms with Gasteiger partial charge in [-0.3, -0.25) is 24.5 Å². The summed E-state index contributed by atoms with van der Waals surface area (Å²) >= 11 is 0. The van der Waals surface area contributed by atoms with Gasteiger partial charge in [-0.1, -0.05) is 6.07 Å². The van der Waals surface area contributed by atoms with Gasteiger partial charge in [0.05, 0.1) is 12.0 Å². The lowest BCUT2D eigenvalue weighted by Gasteiger charge is -2.11. The number of nitrogens with zero attached hydrogens (tertiary/aromatic N) is 1. The topological polar surface area (TPSA) is 125 Å². The van der Waals surface area contributed by atoms with Crippen LogP contribution in [0.1, 0.15) is 33.2 Å². The minimum Gasteiger partial charge on any atom is -0.496 e. The van der Waals surface area contributed by atoms with Crippen molar-refractivity contribution in [1.29, 1.82) is 0 Å². The lowest BCUT2D eigenvalue weighted by atomic mass is 10.1. The van der Waals surface area contributed by atoms with Crippen molar-refractivity contribution in [2.45, 2.75) is 13.5 Å². The first-order valence-electron chi connectivity index (χ1n) is 8.18. The molecule has 0 atom stereocenters. The van der Waals surface area contributed by atoms with Gasteiger partial charge in [-0.05, 0) is 31.2 Å². The number of hydrogen-bond acceptors (Lipinski definition) is 7. The second-order valence-corrected chi connectivity index (χ2v) is 5.73. The number of non-ortho nitro benzene ring substituents is 1. The van der Waals surface area contributed by atoms with Gasteiger partial charge in [-0.25, -0.2) is 0 Å². The molecule has 0 unspecified atom stereocenters. The van der Waals surface area contributed by atoms with Crippen LogP contribution in [0.15, 0.2) is 42.5 Å². The quantitative estimate of drug-likeness (QED) is 0.319. The molecule has 0 spiro atoms. The van der Waals surface area contributed by atoms with Crippen LogP contribution in [-0.2, 0) is 16.1 Å². The molecule has 0 fully saturated rings. The predicted molar refractivity (Wildman–Crippen MR) is 98.2 cm³/mol. The highest BCUT2D eigenvalue weighted by atomic mass is 16.6. The Morgan fingerprint density at radius 3 is 2.50 bits per heavy atom. The Labute approximate surface area is 160 Å². The average Bonchev–Trinajstić information content (AvgIpc) is 2.70. The first-order chi connectivity index (χ1) is 13.3. The molecule has 0 radical (unpaired) electrons. The van der Waals surface area contributed by atoms with E-state index in [1.807, 2.05) is 0 Å². The Morgan fingerprint density at radius 2 is 1.86 bits per heavy atom. The Hall–Kier alpha value is -3.75. The Kier molecular flexibility index (Phi) is 6.80. The van der Waals surface area contributed by atoms with Crippen molar-refractivity contribution < 1.29 is 28.8 Å². The molecule has 0 aliphatic carbocycles. The van der Waals surface area contributed by atoms with Crippen LogP contribution in [-0.4, -0.2) is 36.2 Å². The van der Waals surface area contributed by atoms with Crippen molar-refractivity contribution in [1.82, 2.24) is 5.32 Å². The molecule has 2 rings (SSSR count). The van der Waals surface area contributed by atoms with Crippen LogP contribution in [0.4, 0.5) is 5.69 Å². The van der Waals surface area contributed by atoms with E-state index in [9.17, 15) is 24.5 Å². The van der Waals surface area contributed by atoms with E-state index in [2.05, 4.69) is 5.32 Å². The van der Waals surface area contributed by atoms with Crippen molar-refractivity contribution in [3.05, 3.63) is 69.3 Å². The van der Waals surface area contributed by atoms with Crippen LogP contribution in [0.2, 0.25) is 0 Å². The first-order valence-corrected chi connectivity index (χ1v) is 8.18. The van der Waals surface area contributed by atoms with E-state index in [4.69, 9.17) is 9.47 Å². The second-order valence-electron chi connectivity index (χ2n) is 5.73. The average molecular weight is 386 g/mol. The number of carbonyl (C=O) groups excluding carboxylic acids is 3. The molecule has 1 amide bonds. The summed E-state index contributed by atoms with van der Waals surface area (Å²) in [5.74, 6) is -1.04. The molecule has 0 saturated heterocycles. The summed E-state index contributed by atoms with van der Waals surface area (Å²) in [5.41, 5.74) is 0.782. The zero-order chi connectivity index (χ0) is 20.7. The fourth-order valence-corrected chi connectivity index (χ4v) is 2.33. The maximum atomic E-state index is 12.0. The lowest BCUT2D eigenvalue weighted by molar-refractivity contribution is -0.384. The normalized spacial score (nSPS) is 10.1. The van der Waals surface area contributed by atoms with Gasteiger partial charge < -0.3 is 14.8 Å². The summed E-state index contributed by atoms with van der Waals surface area (Å²) in [5, 5.41) is 13.1. The number of Topliss-reactive ketones (excluding diaryl/α,β-unsaturated/α-hetero) is 1. The highest BCUT2D eigenvalue weighted by Crippen LogP contribution is 2.21. The van der Waals surface area contributed by atoms with Crippen LogP contribution >= 0.6 is 0 Å². The van der Waals surface area contributed by atoms with Crippen LogP contribution < -0.4 is 10.1 Å². The highest BCUT2D eigenvalue weighted by Gasteiger charge is 2.14. The van der Waals surface area contributed by atoms with Crippen molar-refractivity contribution in [3.8, 4) is 5.75 Å². The van der Waals surface area contributed by atoms with Crippen molar-refractivity contribution in [3.63, 3.8) is 0 Å². The molecule has 0 bridgehead atoms. The number of carbonyl (C=O) groups is 3. The number of methoxy groups -OCH3 is 1. The molecule has 0 aliphatic rings. The molecule has 9 nitrogen and oxygen atoms in total. The molecule has 0 aliphatic heterocycles. The number of benzene rings is 2. The number of esters is 1. The zero-order valence-electron chi connectivity index (χ0n) is 15.3. The van der Waals surface area contributed by atoms with E-state index < -0.39 is 23.3 Å². The number of amides is 1. The lowest BCUT2D eigenvalue weighted by Crippen LogP contribution is -2.30. The molecular weight excluding hydrogens is 368 g/mol. The van der Waals surface area contributed by atoms with E-state index in [0.717, 1.165) is 6.07 Å². The largest absolute Gasteiger partial charge is 0.496 e. The summed E-state index contributed by atoms with van der Waals surface area (Å²) in [6.07, 6.45) is 0. The molecule has 0 aromatic heterocycles. The summed E-state index contributed by atoms with van der Waals surface area (Å²) < 4.78 is 10.3. The highest BCUT2D eigenvalue weighted by molar-refractivity contribution is 5.96. The van der Waals surface area contributed by atoms with E-state index in [0.29, 0.717) is 16.9 Å². The number of ether oxygens (including phenoxy) is 2.